The van der Waals surface area contributed by atoms with Crippen LogP contribution < -0.4 is 5.32 Å². The van der Waals surface area contributed by atoms with Crippen LogP contribution in [0.15, 0.2) is 57.8 Å². The molecule has 3 rings (SSSR count). The lowest BCUT2D eigenvalue weighted by Crippen LogP contribution is -2.14. The normalized spacial score (nSPS) is 10.7. The van der Waals surface area contributed by atoms with Crippen LogP contribution in [-0.2, 0) is 24.1 Å². The first kappa shape index (κ1) is 18.2. The SMILES string of the molecule is CCc1ccc(Cc2nnc(NC(=O)Cc3ccc(SC)cc3)o2)cc1. The third-order valence-corrected chi connectivity index (χ3v) is 4.77. The van der Waals surface area contributed by atoms with Crippen LogP contribution in [0.4, 0.5) is 6.01 Å². The molecule has 0 saturated heterocycles. The van der Waals surface area contributed by atoms with Crippen LogP contribution >= 0.6 is 11.8 Å². The number of hydrogen-bond donors (Lipinski definition) is 1. The smallest absolute Gasteiger partial charge is 0.322 e. The molecule has 0 aliphatic heterocycles. The van der Waals surface area contributed by atoms with Gasteiger partial charge in [0.15, 0.2) is 0 Å². The molecular weight excluding hydrogens is 346 g/mol. The Bertz CT molecular complexity index is 858. The predicted molar refractivity (Wildman–Crippen MR) is 103 cm³/mol. The van der Waals surface area contributed by atoms with Crippen molar-refractivity contribution in [3.8, 4) is 0 Å². The highest BCUT2D eigenvalue weighted by Crippen LogP contribution is 2.16. The highest BCUT2D eigenvalue weighted by atomic mass is 32.2. The molecule has 0 atom stereocenters. The van der Waals surface area contributed by atoms with Crippen LogP contribution in [0.25, 0.3) is 0 Å². The fourth-order valence-electron chi connectivity index (χ4n) is 2.54. The van der Waals surface area contributed by atoms with Crippen molar-refractivity contribution in [2.75, 3.05) is 11.6 Å². The van der Waals surface area contributed by atoms with Crippen molar-refractivity contribution in [1.29, 1.82) is 0 Å². The van der Waals surface area contributed by atoms with Gasteiger partial charge in [-0.25, -0.2) is 0 Å². The number of nitrogens with zero attached hydrogens (tertiary/aromatic N) is 2. The third kappa shape index (κ3) is 4.95. The summed E-state index contributed by atoms with van der Waals surface area (Å²) in [7, 11) is 0. The van der Waals surface area contributed by atoms with Crippen molar-refractivity contribution in [3.05, 3.63) is 71.1 Å². The molecule has 2 aromatic carbocycles. The van der Waals surface area contributed by atoms with Crippen LogP contribution in [0.1, 0.15) is 29.5 Å². The van der Waals surface area contributed by atoms with E-state index in [9.17, 15) is 4.79 Å². The van der Waals surface area contributed by atoms with E-state index in [4.69, 9.17) is 4.42 Å². The summed E-state index contributed by atoms with van der Waals surface area (Å²) in [6.45, 7) is 2.12. The van der Waals surface area contributed by atoms with E-state index in [1.165, 1.54) is 10.5 Å². The van der Waals surface area contributed by atoms with Crippen LogP contribution in [0.5, 0.6) is 0 Å². The highest BCUT2D eigenvalue weighted by Gasteiger charge is 2.11. The van der Waals surface area contributed by atoms with Crippen molar-refractivity contribution in [2.24, 2.45) is 0 Å². The second-order valence-electron chi connectivity index (χ2n) is 5.92. The van der Waals surface area contributed by atoms with Gasteiger partial charge in [0.2, 0.25) is 11.8 Å². The zero-order valence-electron chi connectivity index (χ0n) is 14.9. The molecule has 0 radical (unpaired) electrons. The quantitative estimate of drug-likeness (QED) is 0.636. The second-order valence-corrected chi connectivity index (χ2v) is 6.80. The molecule has 0 aliphatic rings. The van der Waals surface area contributed by atoms with Gasteiger partial charge in [-0.2, -0.15) is 0 Å². The van der Waals surface area contributed by atoms with Crippen molar-refractivity contribution in [1.82, 2.24) is 10.2 Å². The molecule has 5 nitrogen and oxygen atoms in total. The van der Waals surface area contributed by atoms with Gasteiger partial charge in [-0.05, 0) is 41.5 Å². The average Bonchev–Trinajstić information content (AvgIpc) is 3.09. The maximum Gasteiger partial charge on any atom is 0.322 e. The van der Waals surface area contributed by atoms with Gasteiger partial charge in [0, 0.05) is 4.90 Å². The predicted octanol–water partition coefficient (Wildman–Crippen LogP) is 4.13. The molecule has 1 amide bonds. The first-order valence-electron chi connectivity index (χ1n) is 8.49. The molecule has 0 bridgehead atoms. The summed E-state index contributed by atoms with van der Waals surface area (Å²) < 4.78 is 5.53. The number of hydrogen-bond acceptors (Lipinski definition) is 5. The van der Waals surface area contributed by atoms with E-state index in [1.807, 2.05) is 30.5 Å². The first-order valence-corrected chi connectivity index (χ1v) is 9.71. The molecular formula is C20H21N3O2S. The van der Waals surface area contributed by atoms with Gasteiger partial charge >= 0.3 is 6.01 Å². The van der Waals surface area contributed by atoms with Gasteiger partial charge in [-0.3, -0.25) is 10.1 Å². The zero-order valence-corrected chi connectivity index (χ0v) is 15.7. The van der Waals surface area contributed by atoms with E-state index in [1.54, 1.807) is 11.8 Å². The van der Waals surface area contributed by atoms with Gasteiger partial charge in [-0.1, -0.05) is 48.4 Å². The van der Waals surface area contributed by atoms with Crippen molar-refractivity contribution in [2.45, 2.75) is 31.1 Å². The van der Waals surface area contributed by atoms with Crippen LogP contribution in [-0.4, -0.2) is 22.4 Å². The van der Waals surface area contributed by atoms with Crippen LogP contribution in [0, 0.1) is 0 Å². The maximum absolute atomic E-state index is 12.1. The molecule has 0 aliphatic carbocycles. The molecule has 0 unspecified atom stereocenters. The Hall–Kier alpha value is -2.60. The largest absolute Gasteiger partial charge is 0.407 e. The van der Waals surface area contributed by atoms with Gasteiger partial charge in [-0.15, -0.1) is 16.9 Å². The maximum atomic E-state index is 12.1. The third-order valence-electron chi connectivity index (χ3n) is 4.02. The number of rotatable bonds is 7. The summed E-state index contributed by atoms with van der Waals surface area (Å²) >= 11 is 1.67. The van der Waals surface area contributed by atoms with E-state index >= 15 is 0 Å². The van der Waals surface area contributed by atoms with E-state index in [0.29, 0.717) is 12.3 Å². The Morgan fingerprint density at radius 1 is 1.00 bits per heavy atom. The number of aryl methyl sites for hydroxylation is 1. The lowest BCUT2D eigenvalue weighted by Gasteiger charge is -2.02. The molecule has 1 heterocycles. The molecule has 6 heteroatoms. The lowest BCUT2D eigenvalue weighted by molar-refractivity contribution is -0.115. The number of amides is 1. The molecule has 26 heavy (non-hydrogen) atoms. The number of carbonyl (C=O) groups excluding carboxylic acids is 1. The fourth-order valence-corrected chi connectivity index (χ4v) is 2.94. The molecule has 1 aromatic heterocycles. The fraction of sp³-hybridized carbons (Fsp3) is 0.250. The summed E-state index contributed by atoms with van der Waals surface area (Å²) in [5.74, 6) is 0.304. The summed E-state index contributed by atoms with van der Waals surface area (Å²) in [5.41, 5.74) is 3.33. The van der Waals surface area contributed by atoms with E-state index < -0.39 is 0 Å². The Morgan fingerprint density at radius 2 is 1.65 bits per heavy atom. The molecule has 0 fully saturated rings. The van der Waals surface area contributed by atoms with E-state index in [2.05, 4.69) is 46.7 Å². The molecule has 1 N–H and O–H groups in total. The Balaban J connectivity index is 1.55. The molecule has 3 aromatic rings. The minimum atomic E-state index is -0.176. The van der Waals surface area contributed by atoms with E-state index in [0.717, 1.165) is 17.5 Å². The topological polar surface area (TPSA) is 68.0 Å². The summed E-state index contributed by atoms with van der Waals surface area (Å²) in [5, 5.41) is 10.6. The van der Waals surface area contributed by atoms with Gasteiger partial charge in [0.1, 0.15) is 0 Å². The summed E-state index contributed by atoms with van der Waals surface area (Å²) in [4.78, 5) is 13.3. The minimum absolute atomic E-state index is 0.135. The Kier molecular flexibility index (Phi) is 6.07. The Labute approximate surface area is 157 Å². The minimum Gasteiger partial charge on any atom is -0.407 e. The summed E-state index contributed by atoms with van der Waals surface area (Å²) in [6, 6.07) is 16.3. The first-order chi connectivity index (χ1) is 12.7. The van der Waals surface area contributed by atoms with Gasteiger partial charge in [0.25, 0.3) is 0 Å². The number of benzene rings is 2. The molecule has 134 valence electrons. The summed E-state index contributed by atoms with van der Waals surface area (Å²) in [6.07, 6.45) is 3.85. The van der Waals surface area contributed by atoms with Crippen molar-refractivity contribution >= 4 is 23.7 Å². The van der Waals surface area contributed by atoms with Gasteiger partial charge < -0.3 is 4.42 Å². The molecule has 0 spiro atoms. The second kappa shape index (κ2) is 8.67. The number of carbonyl (C=O) groups is 1. The Morgan fingerprint density at radius 3 is 2.31 bits per heavy atom. The van der Waals surface area contributed by atoms with E-state index in [-0.39, 0.29) is 18.3 Å². The zero-order chi connectivity index (χ0) is 18.4. The number of nitrogens with one attached hydrogen (secondary N) is 1. The van der Waals surface area contributed by atoms with Crippen molar-refractivity contribution < 1.29 is 9.21 Å². The van der Waals surface area contributed by atoms with Crippen LogP contribution in [0.2, 0.25) is 0 Å². The monoisotopic (exact) mass is 367 g/mol. The number of anilines is 1. The van der Waals surface area contributed by atoms with Gasteiger partial charge in [0.05, 0.1) is 12.8 Å². The van der Waals surface area contributed by atoms with Crippen LogP contribution in [0.3, 0.4) is 0 Å². The number of aromatic nitrogens is 2. The van der Waals surface area contributed by atoms with Crippen molar-refractivity contribution in [3.63, 3.8) is 0 Å². The average molecular weight is 367 g/mol. The standard InChI is InChI=1S/C20H21N3O2S/c1-3-14-4-6-16(7-5-14)13-19-22-23-20(25-19)21-18(24)12-15-8-10-17(26-2)11-9-15/h4-11H,3,12-13H2,1-2H3,(H,21,23,24). The lowest BCUT2D eigenvalue weighted by atomic mass is 10.1. The number of thioether (sulfide) groups is 1. The molecule has 0 saturated carbocycles. The highest BCUT2D eigenvalue weighted by molar-refractivity contribution is 7.98.